The largest absolute Gasteiger partial charge is 0.494 e. The quantitative estimate of drug-likeness (QED) is 0.107. The Balaban J connectivity index is 1.09. The van der Waals surface area contributed by atoms with E-state index in [-0.39, 0.29) is 11.8 Å². The van der Waals surface area contributed by atoms with Gasteiger partial charge in [0.1, 0.15) is 23.1 Å². The molecule has 0 heterocycles. The standard InChI is InChI=1S/C37H49ClN2O3/c1-39(29-31-14-8-6-9-15-31)26-12-4-2-3-5-13-27-42-34-22-24-36(25-23-34)43-35-20-18-33(19-21-35)40(37(41)28-38)30-32-16-10-7-11-17-32/h7,10-11,16-25,31H,2-6,8-9,12-15,26-30H2,1H3. The fourth-order valence-corrected chi connectivity index (χ4v) is 6.02. The first-order chi connectivity index (χ1) is 21.1. The second kappa shape index (κ2) is 18.6. The zero-order valence-electron chi connectivity index (χ0n) is 25.9. The Morgan fingerprint density at radius 1 is 0.767 bits per heavy atom. The van der Waals surface area contributed by atoms with E-state index in [9.17, 15) is 4.79 Å². The number of amides is 1. The lowest BCUT2D eigenvalue weighted by Gasteiger charge is -2.26. The Kier molecular flexibility index (Phi) is 14.2. The molecule has 0 unspecified atom stereocenters. The lowest BCUT2D eigenvalue weighted by molar-refractivity contribution is -0.116. The Hall–Kier alpha value is -3.02. The molecular formula is C37H49ClN2O3. The minimum absolute atomic E-state index is 0.0716. The van der Waals surface area contributed by atoms with Crippen LogP contribution in [-0.2, 0) is 11.3 Å². The lowest BCUT2D eigenvalue weighted by Crippen LogP contribution is -2.31. The Labute approximate surface area is 264 Å². The summed E-state index contributed by atoms with van der Waals surface area (Å²) in [6, 6.07) is 25.2. The van der Waals surface area contributed by atoms with Crippen LogP contribution in [0.1, 0.15) is 76.2 Å². The van der Waals surface area contributed by atoms with Crippen molar-refractivity contribution in [1.29, 1.82) is 0 Å². The summed E-state index contributed by atoms with van der Waals surface area (Å²) in [5, 5.41) is 0. The number of carbonyl (C=O) groups excluding carboxylic acids is 1. The SMILES string of the molecule is CN(CCCCCCCCOc1ccc(Oc2ccc(N(Cc3ccccc3)C(=O)CCl)cc2)cc1)CC1CCCCC1. The van der Waals surface area contributed by atoms with Gasteiger partial charge < -0.3 is 19.3 Å². The number of benzene rings is 3. The predicted molar refractivity (Wildman–Crippen MR) is 179 cm³/mol. The molecule has 1 saturated carbocycles. The van der Waals surface area contributed by atoms with Gasteiger partial charge in [0.15, 0.2) is 0 Å². The highest BCUT2D eigenvalue weighted by atomic mass is 35.5. The number of hydrogen-bond donors (Lipinski definition) is 0. The Morgan fingerprint density at radius 2 is 1.37 bits per heavy atom. The molecule has 0 radical (unpaired) electrons. The van der Waals surface area contributed by atoms with E-state index >= 15 is 0 Å². The summed E-state index contributed by atoms with van der Waals surface area (Å²) >= 11 is 5.89. The lowest BCUT2D eigenvalue weighted by atomic mass is 9.89. The highest BCUT2D eigenvalue weighted by Crippen LogP contribution is 2.28. The number of carbonyl (C=O) groups is 1. The van der Waals surface area contributed by atoms with Crippen LogP contribution in [0, 0.1) is 5.92 Å². The third-order valence-electron chi connectivity index (χ3n) is 8.30. The molecule has 3 aromatic rings. The first-order valence-electron chi connectivity index (χ1n) is 16.2. The zero-order valence-corrected chi connectivity index (χ0v) is 26.6. The van der Waals surface area contributed by atoms with Crippen LogP contribution in [0.4, 0.5) is 5.69 Å². The minimum atomic E-state index is -0.141. The monoisotopic (exact) mass is 604 g/mol. The summed E-state index contributed by atoms with van der Waals surface area (Å²) in [4.78, 5) is 16.8. The molecule has 0 aromatic heterocycles. The van der Waals surface area contributed by atoms with Gasteiger partial charge in [-0.2, -0.15) is 0 Å². The first kappa shape index (κ1) is 32.9. The van der Waals surface area contributed by atoms with Crippen LogP contribution in [0.2, 0.25) is 0 Å². The second-order valence-electron chi connectivity index (χ2n) is 11.9. The molecule has 1 aliphatic rings. The van der Waals surface area contributed by atoms with Gasteiger partial charge in [0.2, 0.25) is 5.91 Å². The molecule has 0 aliphatic heterocycles. The number of halogens is 1. The van der Waals surface area contributed by atoms with Gasteiger partial charge in [-0.15, -0.1) is 11.6 Å². The smallest absolute Gasteiger partial charge is 0.242 e. The second-order valence-corrected chi connectivity index (χ2v) is 12.2. The molecule has 0 spiro atoms. The van der Waals surface area contributed by atoms with Gasteiger partial charge in [0, 0.05) is 12.2 Å². The summed E-state index contributed by atoms with van der Waals surface area (Å²) in [7, 11) is 2.30. The highest BCUT2D eigenvalue weighted by Gasteiger charge is 2.16. The molecule has 0 atom stereocenters. The van der Waals surface area contributed by atoms with Crippen LogP contribution in [-0.4, -0.2) is 43.4 Å². The van der Waals surface area contributed by atoms with Crippen molar-refractivity contribution >= 4 is 23.2 Å². The Morgan fingerprint density at radius 3 is 2.05 bits per heavy atom. The number of anilines is 1. The molecule has 1 fully saturated rings. The first-order valence-corrected chi connectivity index (χ1v) is 16.7. The van der Waals surface area contributed by atoms with Crippen LogP contribution in [0.15, 0.2) is 78.9 Å². The van der Waals surface area contributed by atoms with E-state index in [1.807, 2.05) is 78.9 Å². The van der Waals surface area contributed by atoms with Crippen molar-refractivity contribution in [2.45, 2.75) is 77.2 Å². The van der Waals surface area contributed by atoms with E-state index in [1.165, 1.54) is 77.3 Å². The summed E-state index contributed by atoms with van der Waals surface area (Å²) in [6.07, 6.45) is 14.8. The third kappa shape index (κ3) is 11.9. The molecule has 4 rings (SSSR count). The van der Waals surface area contributed by atoms with Crippen LogP contribution < -0.4 is 14.4 Å². The Bertz CT molecular complexity index is 1180. The van der Waals surface area contributed by atoms with Gasteiger partial charge in [-0.05, 0) is 99.3 Å². The van der Waals surface area contributed by atoms with Gasteiger partial charge in [0.25, 0.3) is 0 Å². The van der Waals surface area contributed by atoms with Crippen molar-refractivity contribution in [3.63, 3.8) is 0 Å². The average molecular weight is 605 g/mol. The van der Waals surface area contributed by atoms with Gasteiger partial charge in [-0.25, -0.2) is 0 Å². The number of alkyl halides is 1. The maximum atomic E-state index is 12.5. The average Bonchev–Trinajstić information content (AvgIpc) is 3.04. The van der Waals surface area contributed by atoms with Crippen LogP contribution >= 0.6 is 11.6 Å². The van der Waals surface area contributed by atoms with E-state index < -0.39 is 0 Å². The summed E-state index contributed by atoms with van der Waals surface area (Å²) in [5.41, 5.74) is 1.82. The van der Waals surface area contributed by atoms with Crippen LogP contribution in [0.25, 0.3) is 0 Å². The third-order valence-corrected chi connectivity index (χ3v) is 8.53. The van der Waals surface area contributed by atoms with E-state index in [0.717, 1.165) is 41.7 Å². The van der Waals surface area contributed by atoms with Crippen LogP contribution in [0.5, 0.6) is 17.2 Å². The molecule has 0 saturated heterocycles. The molecule has 43 heavy (non-hydrogen) atoms. The molecule has 1 amide bonds. The summed E-state index contributed by atoms with van der Waals surface area (Å²) in [6.45, 7) is 3.75. The fourth-order valence-electron chi connectivity index (χ4n) is 5.88. The van der Waals surface area contributed by atoms with Crippen molar-refractivity contribution in [2.24, 2.45) is 5.92 Å². The van der Waals surface area contributed by atoms with Gasteiger partial charge in [-0.3, -0.25) is 4.79 Å². The highest BCUT2D eigenvalue weighted by molar-refractivity contribution is 6.29. The number of unbranched alkanes of at least 4 members (excludes halogenated alkanes) is 5. The maximum Gasteiger partial charge on any atom is 0.242 e. The maximum absolute atomic E-state index is 12.5. The molecule has 0 bridgehead atoms. The molecule has 1 aliphatic carbocycles. The minimum Gasteiger partial charge on any atom is -0.494 e. The van der Waals surface area contributed by atoms with Crippen molar-refractivity contribution in [3.8, 4) is 17.2 Å². The van der Waals surface area contributed by atoms with Crippen molar-refractivity contribution < 1.29 is 14.3 Å². The summed E-state index contributed by atoms with van der Waals surface area (Å²) < 4.78 is 12.0. The van der Waals surface area contributed by atoms with E-state index in [2.05, 4.69) is 11.9 Å². The van der Waals surface area contributed by atoms with Crippen molar-refractivity contribution in [1.82, 2.24) is 4.90 Å². The van der Waals surface area contributed by atoms with Gasteiger partial charge >= 0.3 is 0 Å². The predicted octanol–water partition coefficient (Wildman–Crippen LogP) is 9.48. The molecular weight excluding hydrogens is 556 g/mol. The van der Waals surface area contributed by atoms with Crippen molar-refractivity contribution in [2.75, 3.05) is 37.5 Å². The van der Waals surface area contributed by atoms with Crippen LogP contribution in [0.3, 0.4) is 0 Å². The van der Waals surface area contributed by atoms with E-state index in [1.54, 1.807) is 4.90 Å². The van der Waals surface area contributed by atoms with Gasteiger partial charge in [-0.1, -0.05) is 75.3 Å². The number of ether oxygens (including phenoxy) is 2. The number of rotatable bonds is 18. The number of nitrogens with zero attached hydrogens (tertiary/aromatic N) is 2. The number of hydrogen-bond acceptors (Lipinski definition) is 4. The van der Waals surface area contributed by atoms with E-state index in [4.69, 9.17) is 21.1 Å². The molecule has 232 valence electrons. The molecule has 0 N–H and O–H groups in total. The van der Waals surface area contributed by atoms with E-state index in [0.29, 0.717) is 12.3 Å². The zero-order chi connectivity index (χ0) is 30.1. The molecule has 5 nitrogen and oxygen atoms in total. The topological polar surface area (TPSA) is 42.0 Å². The fraction of sp³-hybridized carbons (Fsp3) is 0.486. The van der Waals surface area contributed by atoms with Crippen molar-refractivity contribution in [3.05, 3.63) is 84.4 Å². The molecule has 6 heteroatoms. The van der Waals surface area contributed by atoms with Gasteiger partial charge in [0.05, 0.1) is 13.2 Å². The molecule has 3 aromatic carbocycles. The normalized spacial score (nSPS) is 13.7. The summed E-state index contributed by atoms with van der Waals surface area (Å²) in [5.74, 6) is 3.03.